The van der Waals surface area contributed by atoms with E-state index in [9.17, 15) is 0 Å². The molecule has 0 aromatic heterocycles. The van der Waals surface area contributed by atoms with Crippen LogP contribution in [0.25, 0.3) is 0 Å². The van der Waals surface area contributed by atoms with Gasteiger partial charge < -0.3 is 10.5 Å². The van der Waals surface area contributed by atoms with Gasteiger partial charge in [0.2, 0.25) is 0 Å². The average Bonchev–Trinajstić information content (AvgIpc) is 2.23. The van der Waals surface area contributed by atoms with Crippen molar-refractivity contribution in [1.82, 2.24) is 4.90 Å². The van der Waals surface area contributed by atoms with Crippen LogP contribution in [-0.4, -0.2) is 24.2 Å². The second kappa shape index (κ2) is 7.36. The molecule has 1 aromatic rings. The molecule has 2 N–H and O–H groups in total. The Morgan fingerprint density at radius 3 is 2.12 bits per heavy atom. The van der Waals surface area contributed by atoms with Gasteiger partial charge in [-0.15, -0.1) is 12.4 Å². The van der Waals surface area contributed by atoms with Crippen molar-refractivity contribution in [2.75, 3.05) is 18.8 Å². The lowest BCUT2D eigenvalue weighted by Crippen LogP contribution is -2.36. The van der Waals surface area contributed by atoms with E-state index in [-0.39, 0.29) is 18.6 Å². The Morgan fingerprint density at radius 2 is 1.69 bits per heavy atom. The molecule has 3 nitrogen and oxygen atoms in total. The molecule has 1 unspecified atom stereocenters. The van der Waals surface area contributed by atoms with Crippen molar-refractivity contribution in [1.29, 1.82) is 0 Å². The van der Waals surface area contributed by atoms with Crippen molar-refractivity contribution in [3.8, 4) is 5.75 Å². The first-order valence-corrected chi connectivity index (χ1v) is 5.43. The maximum atomic E-state index is 5.78. The minimum atomic E-state index is 0. The number of anilines is 1. The number of nitrogens with zero attached hydrogens (tertiary/aromatic N) is 1. The molecule has 0 saturated carbocycles. The summed E-state index contributed by atoms with van der Waals surface area (Å²) >= 11 is 0. The first-order chi connectivity index (χ1) is 7.17. The summed E-state index contributed by atoms with van der Waals surface area (Å²) in [6.45, 7) is 8.31. The van der Waals surface area contributed by atoms with Crippen molar-refractivity contribution < 1.29 is 4.74 Å². The molecule has 92 valence electrons. The van der Waals surface area contributed by atoms with E-state index in [0.29, 0.717) is 0 Å². The molecule has 0 aliphatic carbocycles. The summed E-state index contributed by atoms with van der Waals surface area (Å²) in [5, 5.41) is 0. The van der Waals surface area contributed by atoms with E-state index in [1.165, 1.54) is 0 Å². The molecule has 0 fully saturated rings. The van der Waals surface area contributed by atoms with E-state index in [4.69, 9.17) is 10.5 Å². The van der Waals surface area contributed by atoms with Gasteiger partial charge in [-0.2, -0.15) is 0 Å². The van der Waals surface area contributed by atoms with Crippen LogP contribution in [0.3, 0.4) is 0 Å². The number of nitrogen functional groups attached to an aromatic ring is 1. The molecule has 1 aromatic carbocycles. The summed E-state index contributed by atoms with van der Waals surface area (Å²) < 4.78 is 5.78. The van der Waals surface area contributed by atoms with Crippen LogP contribution < -0.4 is 10.5 Å². The van der Waals surface area contributed by atoms with Gasteiger partial charge in [-0.3, -0.25) is 4.90 Å². The highest BCUT2D eigenvalue weighted by Crippen LogP contribution is 2.15. The molecular weight excluding hydrogens is 224 g/mol. The molecule has 1 rings (SSSR count). The SMILES string of the molecule is CCN(CC)C(C)Oc1ccc(N)cc1.Cl. The molecule has 0 bridgehead atoms. The zero-order valence-electron chi connectivity index (χ0n) is 10.1. The fraction of sp³-hybridized carbons (Fsp3) is 0.500. The second-order valence-electron chi connectivity index (χ2n) is 3.51. The predicted octanol–water partition coefficient (Wildman–Crippen LogP) is 2.76. The smallest absolute Gasteiger partial charge is 0.149 e. The third-order valence-electron chi connectivity index (χ3n) is 2.51. The maximum absolute atomic E-state index is 5.78. The van der Waals surface area contributed by atoms with Gasteiger partial charge in [-0.25, -0.2) is 0 Å². The van der Waals surface area contributed by atoms with Gasteiger partial charge in [0.1, 0.15) is 12.0 Å². The Morgan fingerprint density at radius 1 is 1.19 bits per heavy atom. The fourth-order valence-corrected chi connectivity index (χ4v) is 1.56. The first kappa shape index (κ1) is 15.1. The number of nitrogens with two attached hydrogens (primary N) is 1. The third-order valence-corrected chi connectivity index (χ3v) is 2.51. The van der Waals surface area contributed by atoms with Crippen LogP contribution in [-0.2, 0) is 0 Å². The number of halogens is 1. The lowest BCUT2D eigenvalue weighted by atomic mass is 10.3. The monoisotopic (exact) mass is 244 g/mol. The summed E-state index contributed by atoms with van der Waals surface area (Å²) in [7, 11) is 0. The molecule has 0 radical (unpaired) electrons. The van der Waals surface area contributed by atoms with Crippen molar-refractivity contribution >= 4 is 18.1 Å². The van der Waals surface area contributed by atoms with Crippen molar-refractivity contribution in [3.05, 3.63) is 24.3 Å². The third kappa shape index (κ3) is 4.29. The Hall–Kier alpha value is -0.930. The maximum Gasteiger partial charge on any atom is 0.149 e. The molecule has 0 amide bonds. The molecule has 0 aliphatic rings. The molecule has 0 saturated heterocycles. The average molecular weight is 245 g/mol. The van der Waals surface area contributed by atoms with Crippen LogP contribution in [0.2, 0.25) is 0 Å². The summed E-state index contributed by atoms with van der Waals surface area (Å²) in [5.74, 6) is 0.864. The minimum Gasteiger partial charge on any atom is -0.475 e. The second-order valence-corrected chi connectivity index (χ2v) is 3.51. The highest BCUT2D eigenvalue weighted by molar-refractivity contribution is 5.85. The zero-order valence-corrected chi connectivity index (χ0v) is 11.0. The Balaban J connectivity index is 0.00000225. The molecule has 0 heterocycles. The van der Waals surface area contributed by atoms with Crippen LogP contribution in [0.1, 0.15) is 20.8 Å². The predicted molar refractivity (Wildman–Crippen MR) is 71.1 cm³/mol. The standard InChI is InChI=1S/C12H20N2O.ClH/c1-4-14(5-2)10(3)15-12-8-6-11(13)7-9-12;/h6-10H,4-5,13H2,1-3H3;1H. The highest BCUT2D eigenvalue weighted by atomic mass is 35.5. The number of ether oxygens (including phenoxy) is 1. The summed E-state index contributed by atoms with van der Waals surface area (Å²) in [6, 6.07) is 7.50. The molecule has 0 aliphatic heterocycles. The molecule has 4 heteroatoms. The Labute approximate surface area is 104 Å². The summed E-state index contributed by atoms with van der Waals surface area (Å²) in [5.41, 5.74) is 6.37. The zero-order chi connectivity index (χ0) is 11.3. The van der Waals surface area contributed by atoms with Crippen LogP contribution in [0.5, 0.6) is 5.75 Å². The van der Waals surface area contributed by atoms with E-state index in [0.717, 1.165) is 24.5 Å². The van der Waals surface area contributed by atoms with Gasteiger partial charge in [0.25, 0.3) is 0 Å². The van der Waals surface area contributed by atoms with Gasteiger partial charge in [0.15, 0.2) is 0 Å². The van der Waals surface area contributed by atoms with Crippen molar-refractivity contribution in [2.45, 2.75) is 27.0 Å². The number of benzene rings is 1. The van der Waals surface area contributed by atoms with Gasteiger partial charge in [0.05, 0.1) is 0 Å². The summed E-state index contributed by atoms with van der Waals surface area (Å²) in [6.07, 6.45) is 0.101. The van der Waals surface area contributed by atoms with Crippen LogP contribution >= 0.6 is 12.4 Å². The topological polar surface area (TPSA) is 38.5 Å². The lowest BCUT2D eigenvalue weighted by molar-refractivity contribution is 0.0481. The van der Waals surface area contributed by atoms with Crippen LogP contribution in [0.4, 0.5) is 5.69 Å². The largest absolute Gasteiger partial charge is 0.475 e. The van der Waals surface area contributed by atoms with Gasteiger partial charge in [-0.05, 0) is 44.3 Å². The van der Waals surface area contributed by atoms with E-state index < -0.39 is 0 Å². The highest BCUT2D eigenvalue weighted by Gasteiger charge is 2.10. The summed E-state index contributed by atoms with van der Waals surface area (Å²) in [4.78, 5) is 2.25. The van der Waals surface area contributed by atoms with Crippen molar-refractivity contribution in [2.24, 2.45) is 0 Å². The van der Waals surface area contributed by atoms with Crippen molar-refractivity contribution in [3.63, 3.8) is 0 Å². The number of hydrogen-bond acceptors (Lipinski definition) is 3. The Kier molecular flexibility index (Phi) is 6.93. The lowest BCUT2D eigenvalue weighted by Gasteiger charge is -2.26. The minimum absolute atomic E-state index is 0. The number of hydrogen-bond donors (Lipinski definition) is 1. The van der Waals surface area contributed by atoms with E-state index in [1.807, 2.05) is 24.3 Å². The van der Waals surface area contributed by atoms with Gasteiger partial charge in [-0.1, -0.05) is 13.8 Å². The normalized spacial score (nSPS) is 12.0. The Bertz CT molecular complexity index is 286. The molecule has 0 spiro atoms. The molecule has 16 heavy (non-hydrogen) atoms. The quantitative estimate of drug-likeness (QED) is 0.640. The van der Waals surface area contributed by atoms with E-state index in [1.54, 1.807) is 0 Å². The van der Waals surface area contributed by atoms with E-state index in [2.05, 4.69) is 25.7 Å². The molecule has 1 atom stereocenters. The van der Waals surface area contributed by atoms with Crippen LogP contribution in [0, 0.1) is 0 Å². The fourth-order valence-electron chi connectivity index (χ4n) is 1.56. The first-order valence-electron chi connectivity index (χ1n) is 5.43. The molecular formula is C12H21ClN2O. The van der Waals surface area contributed by atoms with Gasteiger partial charge in [0, 0.05) is 5.69 Å². The van der Waals surface area contributed by atoms with Crippen LogP contribution in [0.15, 0.2) is 24.3 Å². The van der Waals surface area contributed by atoms with Gasteiger partial charge >= 0.3 is 0 Å². The van der Waals surface area contributed by atoms with E-state index >= 15 is 0 Å². The number of rotatable bonds is 5.